The quantitative estimate of drug-likeness (QED) is 0.797. The maximum Gasteiger partial charge on any atom is 0.249 e. The Hall–Kier alpha value is -2.25. The van der Waals surface area contributed by atoms with E-state index in [1.165, 1.54) is 17.7 Å². The minimum atomic E-state index is -0.427. The molecule has 162 valence electrons. The maximum atomic E-state index is 15.5. The van der Waals surface area contributed by atoms with Crippen LogP contribution in [0.5, 0.6) is 0 Å². The Morgan fingerprint density at radius 3 is 2.73 bits per heavy atom. The number of H-pyrrole nitrogens is 1. The van der Waals surface area contributed by atoms with Gasteiger partial charge in [-0.2, -0.15) is 0 Å². The van der Waals surface area contributed by atoms with Gasteiger partial charge in [0.1, 0.15) is 11.3 Å². The third-order valence-corrected chi connectivity index (χ3v) is 6.59. The number of halogens is 1. The predicted molar refractivity (Wildman–Crippen MR) is 115 cm³/mol. The van der Waals surface area contributed by atoms with Crippen molar-refractivity contribution in [3.63, 3.8) is 0 Å². The molecule has 0 saturated heterocycles. The summed E-state index contributed by atoms with van der Waals surface area (Å²) in [6.07, 6.45) is 4.98. The summed E-state index contributed by atoms with van der Waals surface area (Å²) in [4.78, 5) is 21.9. The van der Waals surface area contributed by atoms with Crippen LogP contribution in [0.15, 0.2) is 17.7 Å². The molecule has 3 N–H and O–H groups in total. The van der Waals surface area contributed by atoms with E-state index >= 15 is 4.39 Å². The molecule has 4 rings (SSSR count). The molecule has 2 heterocycles. The van der Waals surface area contributed by atoms with E-state index in [2.05, 4.69) is 16.9 Å². The van der Waals surface area contributed by atoms with E-state index in [1.807, 2.05) is 6.07 Å². The second-order valence-corrected chi connectivity index (χ2v) is 8.95. The Morgan fingerprint density at radius 2 is 2.03 bits per heavy atom. The van der Waals surface area contributed by atoms with Gasteiger partial charge in [-0.3, -0.25) is 4.79 Å². The first kappa shape index (κ1) is 21.0. The number of ether oxygens (including phenoxy) is 1. The molecule has 7 heteroatoms. The van der Waals surface area contributed by atoms with Crippen LogP contribution in [0.3, 0.4) is 0 Å². The monoisotopic (exact) mass is 414 g/mol. The first-order chi connectivity index (χ1) is 14.4. The number of fused-ring (bicyclic) bond motifs is 1. The second kappa shape index (κ2) is 8.47. The van der Waals surface area contributed by atoms with Crippen molar-refractivity contribution >= 4 is 22.5 Å². The van der Waals surface area contributed by atoms with Gasteiger partial charge >= 0.3 is 0 Å². The molecule has 0 spiro atoms. The number of hydrogen-bond donors (Lipinski definition) is 2. The van der Waals surface area contributed by atoms with E-state index in [0.29, 0.717) is 47.0 Å². The summed E-state index contributed by atoms with van der Waals surface area (Å²) in [7, 11) is 3.41. The van der Waals surface area contributed by atoms with Crippen molar-refractivity contribution in [3.8, 4) is 0 Å². The Balaban J connectivity index is 1.70. The highest BCUT2D eigenvalue weighted by molar-refractivity contribution is 6.02. The highest BCUT2D eigenvalue weighted by Crippen LogP contribution is 2.36. The molecule has 1 aromatic carbocycles. The van der Waals surface area contributed by atoms with Crippen molar-refractivity contribution in [3.05, 3.63) is 34.9 Å². The highest BCUT2D eigenvalue weighted by Gasteiger charge is 2.28. The molecule has 0 radical (unpaired) electrons. The molecule has 1 saturated carbocycles. The molecule has 6 nitrogen and oxygen atoms in total. The summed E-state index contributed by atoms with van der Waals surface area (Å²) >= 11 is 0. The number of aromatic amines is 1. The van der Waals surface area contributed by atoms with Crippen molar-refractivity contribution in [2.24, 2.45) is 17.6 Å². The Labute approximate surface area is 176 Å². The number of likely N-dealkylation sites (N-methyl/N-ethyl adjacent to an activating group) is 1. The number of aromatic nitrogens is 2. The molecule has 30 heavy (non-hydrogen) atoms. The average Bonchev–Trinajstić information content (AvgIpc) is 3.19. The topological polar surface area (TPSA) is 84.2 Å². The van der Waals surface area contributed by atoms with Gasteiger partial charge in [0, 0.05) is 31.7 Å². The van der Waals surface area contributed by atoms with Crippen molar-refractivity contribution in [1.29, 1.82) is 0 Å². The molecule has 1 atom stereocenters. The van der Waals surface area contributed by atoms with Gasteiger partial charge in [-0.25, -0.2) is 9.37 Å². The molecule has 1 fully saturated rings. The number of rotatable bonds is 4. The Bertz CT molecular complexity index is 973. The minimum absolute atomic E-state index is 0.107. The minimum Gasteiger partial charge on any atom is -0.376 e. The van der Waals surface area contributed by atoms with Crippen molar-refractivity contribution in [2.75, 3.05) is 27.3 Å². The summed E-state index contributed by atoms with van der Waals surface area (Å²) in [6, 6.07) is 3.30. The molecule has 1 amide bonds. The van der Waals surface area contributed by atoms with E-state index < -0.39 is 5.82 Å². The van der Waals surface area contributed by atoms with Gasteiger partial charge in [0.25, 0.3) is 0 Å². The van der Waals surface area contributed by atoms with Crippen LogP contribution in [-0.4, -0.2) is 48.1 Å². The SMILES string of the molecule is CC1CCC([C@H](N)c2nc3c(F)c(C4=C(C(=O)N(C)C)CCOC4)ccc3[nH]2)CC1. The van der Waals surface area contributed by atoms with Crippen LogP contribution in [0.25, 0.3) is 16.6 Å². The zero-order valence-electron chi connectivity index (χ0n) is 18.0. The average molecular weight is 415 g/mol. The van der Waals surface area contributed by atoms with Crippen molar-refractivity contribution < 1.29 is 13.9 Å². The Morgan fingerprint density at radius 1 is 1.30 bits per heavy atom. The summed E-state index contributed by atoms with van der Waals surface area (Å²) in [5.74, 6) is 1.21. The predicted octanol–water partition coefficient (Wildman–Crippen LogP) is 3.79. The zero-order chi connectivity index (χ0) is 21.4. The van der Waals surface area contributed by atoms with Gasteiger partial charge in [0.15, 0.2) is 5.82 Å². The van der Waals surface area contributed by atoms with Gasteiger partial charge < -0.3 is 20.4 Å². The van der Waals surface area contributed by atoms with Crippen LogP contribution in [0, 0.1) is 17.7 Å². The van der Waals surface area contributed by atoms with Crippen LogP contribution < -0.4 is 5.73 Å². The van der Waals surface area contributed by atoms with E-state index in [9.17, 15) is 4.79 Å². The number of carbonyl (C=O) groups excluding carboxylic acids is 1. The van der Waals surface area contributed by atoms with Crippen LogP contribution in [0.2, 0.25) is 0 Å². The number of imidazole rings is 1. The van der Waals surface area contributed by atoms with Gasteiger partial charge in [0.2, 0.25) is 5.91 Å². The van der Waals surface area contributed by atoms with Crippen LogP contribution >= 0.6 is 0 Å². The lowest BCUT2D eigenvalue weighted by molar-refractivity contribution is -0.125. The number of benzene rings is 1. The number of hydrogen-bond acceptors (Lipinski definition) is 4. The lowest BCUT2D eigenvalue weighted by atomic mass is 9.79. The van der Waals surface area contributed by atoms with Crippen LogP contribution in [-0.2, 0) is 9.53 Å². The van der Waals surface area contributed by atoms with Gasteiger partial charge in [-0.05, 0) is 42.4 Å². The van der Waals surface area contributed by atoms with E-state index in [0.717, 1.165) is 18.8 Å². The summed E-state index contributed by atoms with van der Waals surface area (Å²) < 4.78 is 21.1. The number of amides is 1. The number of nitrogens with one attached hydrogen (secondary N) is 1. The third-order valence-electron chi connectivity index (χ3n) is 6.59. The highest BCUT2D eigenvalue weighted by atomic mass is 19.1. The first-order valence-electron chi connectivity index (χ1n) is 10.8. The molecular formula is C23H31FN4O2. The summed E-state index contributed by atoms with van der Waals surface area (Å²) in [5.41, 5.74) is 9.00. The number of nitrogens with zero attached hydrogens (tertiary/aromatic N) is 2. The fourth-order valence-corrected chi connectivity index (χ4v) is 4.65. The summed E-state index contributed by atoms with van der Waals surface area (Å²) in [6.45, 7) is 2.96. The maximum absolute atomic E-state index is 15.5. The van der Waals surface area contributed by atoms with E-state index in [1.54, 1.807) is 20.2 Å². The largest absolute Gasteiger partial charge is 0.376 e. The first-order valence-corrected chi connectivity index (χ1v) is 10.8. The van der Waals surface area contributed by atoms with Gasteiger partial charge in [-0.15, -0.1) is 0 Å². The molecule has 0 unspecified atom stereocenters. The van der Waals surface area contributed by atoms with E-state index in [-0.39, 0.29) is 24.1 Å². The fraction of sp³-hybridized carbons (Fsp3) is 0.565. The molecule has 2 aromatic rings. The van der Waals surface area contributed by atoms with Gasteiger partial charge in [0.05, 0.1) is 24.8 Å². The molecule has 1 aliphatic heterocycles. The number of carbonyl (C=O) groups is 1. The number of nitrogens with two attached hydrogens (primary N) is 1. The van der Waals surface area contributed by atoms with E-state index in [4.69, 9.17) is 10.5 Å². The second-order valence-electron chi connectivity index (χ2n) is 8.95. The molecular weight excluding hydrogens is 383 g/mol. The molecule has 1 aromatic heterocycles. The van der Waals surface area contributed by atoms with Gasteiger partial charge in [-0.1, -0.05) is 19.8 Å². The smallest absolute Gasteiger partial charge is 0.249 e. The van der Waals surface area contributed by atoms with Crippen LogP contribution in [0.1, 0.15) is 56.5 Å². The van der Waals surface area contributed by atoms with Crippen molar-refractivity contribution in [1.82, 2.24) is 14.9 Å². The van der Waals surface area contributed by atoms with Crippen LogP contribution in [0.4, 0.5) is 4.39 Å². The third kappa shape index (κ3) is 3.88. The Kier molecular flexibility index (Phi) is 5.93. The zero-order valence-corrected chi connectivity index (χ0v) is 18.0. The standard InChI is InChI=1S/C23H31FN4O2/c1-13-4-6-14(7-5-13)20(25)22-26-18-9-8-15(19(24)21(18)27-22)17-12-30-11-10-16(17)23(29)28(2)3/h8-9,13-14,20H,4-7,10-12,25H2,1-3H3,(H,26,27)/t13?,14?,20-/m0/s1. The summed E-state index contributed by atoms with van der Waals surface area (Å²) in [5, 5.41) is 0. The lowest BCUT2D eigenvalue weighted by Gasteiger charge is -2.29. The normalized spacial score (nSPS) is 23.6. The fourth-order valence-electron chi connectivity index (χ4n) is 4.65. The molecule has 0 bridgehead atoms. The lowest BCUT2D eigenvalue weighted by Crippen LogP contribution is -2.27. The van der Waals surface area contributed by atoms with Crippen molar-refractivity contribution in [2.45, 2.75) is 45.1 Å². The molecule has 1 aliphatic carbocycles. The molecule has 2 aliphatic rings.